The molecule has 1 radical (unpaired) electrons. The molecule has 0 amide bonds. The van der Waals surface area contributed by atoms with Gasteiger partial charge in [-0.1, -0.05) is 42.5 Å². The van der Waals surface area contributed by atoms with Crippen molar-refractivity contribution in [1.82, 2.24) is 9.55 Å². The fraction of sp³-hybridized carbons (Fsp3) is 0. The molecule has 0 saturated carbocycles. The van der Waals surface area contributed by atoms with Gasteiger partial charge in [-0.3, -0.25) is 4.57 Å². The van der Waals surface area contributed by atoms with Crippen LogP contribution in [-0.4, -0.2) is 9.55 Å². The Bertz CT molecular complexity index is 807. The van der Waals surface area contributed by atoms with Gasteiger partial charge in [-0.2, -0.15) is 0 Å². The second-order valence-corrected chi connectivity index (χ2v) is 4.47. The van der Waals surface area contributed by atoms with Crippen molar-refractivity contribution in [3.05, 3.63) is 72.9 Å². The summed E-state index contributed by atoms with van der Waals surface area (Å²) in [5.74, 6) is 0.927. The molecule has 2 aromatic carbocycles. The van der Waals surface area contributed by atoms with E-state index in [-0.39, 0.29) is 0 Å². The zero-order chi connectivity index (χ0) is 12.7. The first-order chi connectivity index (χ1) is 9.45. The first-order valence-electron chi connectivity index (χ1n) is 6.26. The van der Waals surface area contributed by atoms with E-state index in [2.05, 4.69) is 45.9 Å². The normalized spacial score (nSPS) is 11.2. The van der Waals surface area contributed by atoms with Crippen LogP contribution in [0.3, 0.4) is 0 Å². The summed E-state index contributed by atoms with van der Waals surface area (Å²) in [5, 5.41) is 2.45. The molecule has 4 aromatic rings. The molecule has 0 spiro atoms. The van der Waals surface area contributed by atoms with Crippen LogP contribution in [-0.2, 0) is 0 Å². The minimum atomic E-state index is 0.927. The lowest BCUT2D eigenvalue weighted by atomic mass is 10.2. The smallest absolute Gasteiger partial charge is 0.137 e. The second kappa shape index (κ2) is 3.95. The fourth-order valence-electron chi connectivity index (χ4n) is 2.57. The number of rotatable bonds is 1. The van der Waals surface area contributed by atoms with Crippen molar-refractivity contribution >= 4 is 21.8 Å². The van der Waals surface area contributed by atoms with E-state index >= 15 is 0 Å². The quantitative estimate of drug-likeness (QED) is 0.494. The van der Waals surface area contributed by atoms with Crippen LogP contribution in [0, 0.1) is 6.07 Å². The van der Waals surface area contributed by atoms with Gasteiger partial charge in [-0.15, -0.1) is 0 Å². The number of benzene rings is 2. The van der Waals surface area contributed by atoms with E-state index in [4.69, 9.17) is 0 Å². The Morgan fingerprint density at radius 3 is 2.58 bits per heavy atom. The Balaban J connectivity index is 2.24. The molecule has 0 aliphatic heterocycles. The van der Waals surface area contributed by atoms with Gasteiger partial charge >= 0.3 is 0 Å². The van der Waals surface area contributed by atoms with Gasteiger partial charge in [0.05, 0.1) is 11.0 Å². The maximum atomic E-state index is 4.46. The third kappa shape index (κ3) is 1.47. The average Bonchev–Trinajstić information content (AvgIpc) is 2.83. The summed E-state index contributed by atoms with van der Waals surface area (Å²) in [6.07, 6.45) is 1.82. The lowest BCUT2D eigenvalue weighted by Crippen LogP contribution is -1.95. The van der Waals surface area contributed by atoms with Crippen LogP contribution in [0.15, 0.2) is 66.9 Å². The van der Waals surface area contributed by atoms with E-state index in [1.165, 1.54) is 16.3 Å². The van der Waals surface area contributed by atoms with Crippen molar-refractivity contribution in [2.24, 2.45) is 0 Å². The molecule has 0 saturated heterocycles. The van der Waals surface area contributed by atoms with Gasteiger partial charge in [0, 0.05) is 23.0 Å². The molecule has 0 bridgehead atoms. The van der Waals surface area contributed by atoms with E-state index in [1.54, 1.807) is 0 Å². The molecule has 2 heteroatoms. The van der Waals surface area contributed by atoms with Gasteiger partial charge in [0.15, 0.2) is 0 Å². The Morgan fingerprint density at radius 1 is 0.842 bits per heavy atom. The first-order valence-corrected chi connectivity index (χ1v) is 6.26. The zero-order valence-electron chi connectivity index (χ0n) is 10.2. The summed E-state index contributed by atoms with van der Waals surface area (Å²) >= 11 is 0. The third-order valence-electron chi connectivity index (χ3n) is 3.37. The van der Waals surface area contributed by atoms with Gasteiger partial charge in [0.1, 0.15) is 5.82 Å². The molecule has 0 aliphatic rings. The van der Waals surface area contributed by atoms with E-state index in [0.717, 1.165) is 11.3 Å². The largest absolute Gasteiger partial charge is 0.293 e. The first kappa shape index (κ1) is 10.3. The summed E-state index contributed by atoms with van der Waals surface area (Å²) in [5.41, 5.74) is 2.24. The SMILES string of the molecule is [c]1cccc2c3ccccc3n(-c3ccccn3)c12. The highest BCUT2D eigenvalue weighted by Crippen LogP contribution is 2.30. The highest BCUT2D eigenvalue weighted by molar-refractivity contribution is 6.08. The van der Waals surface area contributed by atoms with Crippen molar-refractivity contribution in [2.45, 2.75) is 0 Å². The zero-order valence-corrected chi connectivity index (χ0v) is 10.2. The number of pyridine rings is 1. The van der Waals surface area contributed by atoms with Gasteiger partial charge < -0.3 is 0 Å². The molecule has 4 rings (SSSR count). The van der Waals surface area contributed by atoms with Crippen LogP contribution < -0.4 is 0 Å². The summed E-state index contributed by atoms with van der Waals surface area (Å²) in [7, 11) is 0. The predicted octanol–water partition coefficient (Wildman–Crippen LogP) is 3.98. The Kier molecular flexibility index (Phi) is 2.15. The average molecular weight is 243 g/mol. The van der Waals surface area contributed by atoms with Crippen molar-refractivity contribution in [2.75, 3.05) is 0 Å². The maximum Gasteiger partial charge on any atom is 0.137 e. The Hall–Kier alpha value is -2.61. The minimum Gasteiger partial charge on any atom is -0.293 e. The fourth-order valence-corrected chi connectivity index (χ4v) is 2.57. The topological polar surface area (TPSA) is 17.8 Å². The van der Waals surface area contributed by atoms with E-state index in [1.807, 2.05) is 36.5 Å². The molecule has 19 heavy (non-hydrogen) atoms. The standard InChI is InChI=1S/C17H11N2/c1-3-9-15-13(7-1)14-8-2-4-10-16(14)19(15)17-11-5-6-12-18-17/h1-9,11-12H. The maximum absolute atomic E-state index is 4.46. The molecular weight excluding hydrogens is 232 g/mol. The van der Waals surface area contributed by atoms with Crippen LogP contribution in [0.2, 0.25) is 0 Å². The molecule has 89 valence electrons. The minimum absolute atomic E-state index is 0.927. The Labute approximate surface area is 110 Å². The number of para-hydroxylation sites is 2. The number of nitrogens with zero attached hydrogens (tertiary/aromatic N) is 2. The number of hydrogen-bond donors (Lipinski definition) is 0. The van der Waals surface area contributed by atoms with Gasteiger partial charge in [0.25, 0.3) is 0 Å². The molecule has 2 aromatic heterocycles. The number of fused-ring (bicyclic) bond motifs is 3. The van der Waals surface area contributed by atoms with Gasteiger partial charge in [0.2, 0.25) is 0 Å². The van der Waals surface area contributed by atoms with Crippen molar-refractivity contribution in [3.63, 3.8) is 0 Å². The van der Waals surface area contributed by atoms with Gasteiger partial charge in [-0.25, -0.2) is 4.98 Å². The third-order valence-corrected chi connectivity index (χ3v) is 3.37. The molecule has 2 nitrogen and oxygen atoms in total. The summed E-state index contributed by atoms with van der Waals surface area (Å²) in [4.78, 5) is 4.46. The number of aromatic nitrogens is 2. The molecule has 0 aliphatic carbocycles. The summed E-state index contributed by atoms with van der Waals surface area (Å²) in [6.45, 7) is 0. The van der Waals surface area contributed by atoms with Gasteiger partial charge in [-0.05, 0) is 18.2 Å². The second-order valence-electron chi connectivity index (χ2n) is 4.47. The van der Waals surface area contributed by atoms with E-state index in [9.17, 15) is 0 Å². The van der Waals surface area contributed by atoms with Crippen molar-refractivity contribution < 1.29 is 0 Å². The molecule has 0 fully saturated rings. The summed E-state index contributed by atoms with van der Waals surface area (Å²) in [6, 6.07) is 23.8. The monoisotopic (exact) mass is 243 g/mol. The lowest BCUT2D eigenvalue weighted by molar-refractivity contribution is 1.08. The van der Waals surface area contributed by atoms with Crippen molar-refractivity contribution in [3.8, 4) is 5.82 Å². The molecule has 2 heterocycles. The molecular formula is C17H11N2. The van der Waals surface area contributed by atoms with Crippen LogP contribution in [0.4, 0.5) is 0 Å². The molecule has 0 unspecified atom stereocenters. The van der Waals surface area contributed by atoms with E-state index in [0.29, 0.717) is 0 Å². The highest BCUT2D eigenvalue weighted by atomic mass is 15.1. The van der Waals surface area contributed by atoms with E-state index < -0.39 is 0 Å². The number of hydrogen-bond acceptors (Lipinski definition) is 1. The van der Waals surface area contributed by atoms with Crippen LogP contribution in [0.5, 0.6) is 0 Å². The molecule has 0 N–H and O–H groups in total. The Morgan fingerprint density at radius 2 is 1.68 bits per heavy atom. The van der Waals surface area contributed by atoms with Crippen LogP contribution in [0.25, 0.3) is 27.6 Å². The van der Waals surface area contributed by atoms with Crippen LogP contribution in [0.1, 0.15) is 0 Å². The van der Waals surface area contributed by atoms with Crippen LogP contribution >= 0.6 is 0 Å². The predicted molar refractivity (Wildman–Crippen MR) is 77.4 cm³/mol. The molecule has 0 atom stereocenters. The highest BCUT2D eigenvalue weighted by Gasteiger charge is 2.11. The lowest BCUT2D eigenvalue weighted by Gasteiger charge is -2.05. The summed E-state index contributed by atoms with van der Waals surface area (Å²) < 4.78 is 2.16. The van der Waals surface area contributed by atoms with Crippen molar-refractivity contribution in [1.29, 1.82) is 0 Å².